The first-order chi connectivity index (χ1) is 11.7. The summed E-state index contributed by atoms with van der Waals surface area (Å²) >= 11 is 4.93. The highest BCUT2D eigenvalue weighted by Gasteiger charge is 2.37. The van der Waals surface area contributed by atoms with Crippen LogP contribution in [-0.4, -0.2) is 45.9 Å². The average molecular weight is 407 g/mol. The van der Waals surface area contributed by atoms with Gasteiger partial charge in [-0.25, -0.2) is 9.97 Å². The molecule has 0 atom stereocenters. The summed E-state index contributed by atoms with van der Waals surface area (Å²) in [6, 6.07) is 4.99. The Morgan fingerprint density at radius 2 is 2.00 bits per heavy atom. The Bertz CT molecular complexity index is 710. The second-order valence-electron chi connectivity index (χ2n) is 6.36. The number of thiophene rings is 1. The Balaban J connectivity index is 1.42. The summed E-state index contributed by atoms with van der Waals surface area (Å²) in [4.78, 5) is 26.3. The topological polar surface area (TPSA) is 49.3 Å². The minimum Gasteiger partial charge on any atom is -0.350 e. The summed E-state index contributed by atoms with van der Waals surface area (Å²) < 4.78 is 0.981. The normalized spacial score (nSPS) is 18.6. The summed E-state index contributed by atoms with van der Waals surface area (Å²) in [5, 5.41) is 1.96. The first-order valence-corrected chi connectivity index (χ1v) is 9.97. The van der Waals surface area contributed by atoms with Crippen molar-refractivity contribution in [1.82, 2.24) is 14.9 Å². The number of likely N-dealkylation sites (tertiary alicyclic amines) is 1. The van der Waals surface area contributed by atoms with E-state index in [1.54, 1.807) is 6.33 Å². The number of hydrogen-bond acceptors (Lipinski definition) is 5. The molecule has 2 aromatic rings. The Labute approximate surface area is 153 Å². The Hall–Kier alpha value is -1.47. The van der Waals surface area contributed by atoms with Gasteiger partial charge in [-0.3, -0.25) is 4.79 Å². The van der Waals surface area contributed by atoms with Gasteiger partial charge in [-0.2, -0.15) is 0 Å². The molecule has 0 bridgehead atoms. The van der Waals surface area contributed by atoms with Gasteiger partial charge in [0.1, 0.15) is 12.1 Å². The van der Waals surface area contributed by atoms with Gasteiger partial charge >= 0.3 is 0 Å². The molecule has 2 aromatic heterocycles. The number of carbonyl (C=O) groups is 1. The molecular formula is C17H19BrN4OS. The van der Waals surface area contributed by atoms with E-state index in [-0.39, 0.29) is 5.91 Å². The molecule has 3 heterocycles. The molecule has 5 nitrogen and oxygen atoms in total. The van der Waals surface area contributed by atoms with Crippen LogP contribution in [0.25, 0.3) is 0 Å². The van der Waals surface area contributed by atoms with E-state index in [0.29, 0.717) is 12.1 Å². The van der Waals surface area contributed by atoms with E-state index in [9.17, 15) is 4.79 Å². The van der Waals surface area contributed by atoms with Crippen LogP contribution >= 0.6 is 27.3 Å². The molecule has 1 saturated carbocycles. The molecule has 0 radical (unpaired) electrons. The monoisotopic (exact) mass is 406 g/mol. The van der Waals surface area contributed by atoms with Gasteiger partial charge in [-0.05, 0) is 53.7 Å². The van der Waals surface area contributed by atoms with Crippen molar-refractivity contribution in [2.24, 2.45) is 0 Å². The number of rotatable bonds is 4. The Morgan fingerprint density at radius 3 is 2.58 bits per heavy atom. The summed E-state index contributed by atoms with van der Waals surface area (Å²) in [7, 11) is 0. The lowest BCUT2D eigenvalue weighted by Crippen LogP contribution is -2.48. The van der Waals surface area contributed by atoms with E-state index in [1.165, 1.54) is 24.2 Å². The van der Waals surface area contributed by atoms with Crippen molar-refractivity contribution in [1.29, 1.82) is 0 Å². The van der Waals surface area contributed by atoms with Crippen molar-refractivity contribution in [2.75, 3.05) is 18.0 Å². The first kappa shape index (κ1) is 16.0. The van der Waals surface area contributed by atoms with Crippen LogP contribution in [0, 0.1) is 0 Å². The van der Waals surface area contributed by atoms with Crippen LogP contribution in [0.5, 0.6) is 0 Å². The van der Waals surface area contributed by atoms with Crippen LogP contribution in [0.15, 0.2) is 34.5 Å². The second-order valence-corrected chi connectivity index (χ2v) is 8.19. The smallest absolute Gasteiger partial charge is 0.263 e. The molecule has 7 heteroatoms. The predicted molar refractivity (Wildman–Crippen MR) is 98.5 cm³/mol. The van der Waals surface area contributed by atoms with Crippen molar-refractivity contribution < 1.29 is 4.79 Å². The van der Waals surface area contributed by atoms with Gasteiger partial charge in [0, 0.05) is 41.2 Å². The van der Waals surface area contributed by atoms with Crippen molar-refractivity contribution in [3.05, 3.63) is 39.4 Å². The quantitative estimate of drug-likeness (QED) is 0.778. The molecule has 24 heavy (non-hydrogen) atoms. The second kappa shape index (κ2) is 6.80. The number of carbonyl (C=O) groups excluding carboxylic acids is 1. The zero-order valence-electron chi connectivity index (χ0n) is 13.3. The molecule has 0 N–H and O–H groups in total. The third kappa shape index (κ3) is 3.32. The molecule has 4 rings (SSSR count). The Morgan fingerprint density at radius 1 is 1.25 bits per heavy atom. The average Bonchev–Trinajstić information content (AvgIpc) is 3.36. The molecule has 1 amide bonds. The van der Waals surface area contributed by atoms with Crippen molar-refractivity contribution in [3.8, 4) is 0 Å². The van der Waals surface area contributed by atoms with Gasteiger partial charge in [0.05, 0.1) is 4.88 Å². The van der Waals surface area contributed by atoms with E-state index in [2.05, 4.69) is 30.8 Å². The highest BCUT2D eigenvalue weighted by atomic mass is 79.9. The van der Waals surface area contributed by atoms with Crippen LogP contribution < -0.4 is 4.90 Å². The van der Waals surface area contributed by atoms with Crippen LogP contribution in [-0.2, 0) is 0 Å². The fourth-order valence-electron chi connectivity index (χ4n) is 3.39. The molecule has 2 aliphatic rings. The fourth-order valence-corrected chi connectivity index (χ4v) is 4.78. The zero-order chi connectivity index (χ0) is 16.5. The van der Waals surface area contributed by atoms with Gasteiger partial charge in [-0.15, -0.1) is 11.3 Å². The SMILES string of the molecule is O=C(c1cc(Br)cs1)N1CCC(N(c2ccncn2)C2CC2)CC1. The zero-order valence-corrected chi connectivity index (χ0v) is 15.7. The van der Waals surface area contributed by atoms with Gasteiger partial charge < -0.3 is 9.80 Å². The molecule has 2 fully saturated rings. The maximum absolute atomic E-state index is 12.6. The Kier molecular flexibility index (Phi) is 4.54. The fraction of sp³-hybridized carbons (Fsp3) is 0.471. The molecule has 0 unspecified atom stereocenters. The number of hydrogen-bond donors (Lipinski definition) is 0. The largest absolute Gasteiger partial charge is 0.350 e. The van der Waals surface area contributed by atoms with E-state index < -0.39 is 0 Å². The lowest BCUT2D eigenvalue weighted by atomic mass is 10.0. The van der Waals surface area contributed by atoms with Crippen LogP contribution in [0.3, 0.4) is 0 Å². The van der Waals surface area contributed by atoms with E-state index in [1.807, 2.05) is 28.6 Å². The molecule has 1 saturated heterocycles. The number of aromatic nitrogens is 2. The van der Waals surface area contributed by atoms with Gasteiger partial charge in [0.15, 0.2) is 0 Å². The number of nitrogens with zero attached hydrogens (tertiary/aromatic N) is 4. The highest BCUT2D eigenvalue weighted by Crippen LogP contribution is 2.35. The summed E-state index contributed by atoms with van der Waals surface area (Å²) in [5.41, 5.74) is 0. The summed E-state index contributed by atoms with van der Waals surface area (Å²) in [5.74, 6) is 1.18. The highest BCUT2D eigenvalue weighted by molar-refractivity contribution is 9.10. The van der Waals surface area contributed by atoms with Crippen LogP contribution in [0.4, 0.5) is 5.82 Å². The lowest BCUT2D eigenvalue weighted by Gasteiger charge is -2.39. The number of anilines is 1. The van der Waals surface area contributed by atoms with Crippen LogP contribution in [0.2, 0.25) is 0 Å². The molecule has 126 valence electrons. The van der Waals surface area contributed by atoms with Gasteiger partial charge in [0.25, 0.3) is 5.91 Å². The minimum atomic E-state index is 0.157. The van der Waals surface area contributed by atoms with Gasteiger partial charge in [-0.1, -0.05) is 0 Å². The summed E-state index contributed by atoms with van der Waals surface area (Å²) in [6.07, 6.45) is 7.92. The maximum Gasteiger partial charge on any atom is 0.263 e. The third-order valence-corrected chi connectivity index (χ3v) is 6.37. The number of halogens is 1. The van der Waals surface area contributed by atoms with E-state index in [0.717, 1.165) is 41.1 Å². The standard InChI is InChI=1S/C17H19BrN4OS/c18-12-9-15(24-10-12)17(23)21-7-4-14(5-8-21)22(13-1-2-13)16-3-6-19-11-20-16/h3,6,9-11,13-14H,1-2,4-5,7-8H2. The number of amides is 1. The molecule has 1 aliphatic carbocycles. The van der Waals surface area contributed by atoms with Gasteiger partial charge in [0.2, 0.25) is 0 Å². The summed E-state index contributed by atoms with van der Waals surface area (Å²) in [6.45, 7) is 1.63. The number of piperidine rings is 1. The lowest BCUT2D eigenvalue weighted by molar-refractivity contribution is 0.0716. The minimum absolute atomic E-state index is 0.157. The third-order valence-electron chi connectivity index (χ3n) is 4.69. The van der Waals surface area contributed by atoms with Crippen molar-refractivity contribution in [2.45, 2.75) is 37.8 Å². The van der Waals surface area contributed by atoms with Crippen LogP contribution in [0.1, 0.15) is 35.4 Å². The van der Waals surface area contributed by atoms with E-state index in [4.69, 9.17) is 0 Å². The molecule has 1 aliphatic heterocycles. The van der Waals surface area contributed by atoms with Crippen molar-refractivity contribution >= 4 is 39.0 Å². The van der Waals surface area contributed by atoms with Crippen molar-refractivity contribution in [3.63, 3.8) is 0 Å². The molecule has 0 spiro atoms. The molecular weight excluding hydrogens is 388 g/mol. The predicted octanol–water partition coefficient (Wildman–Crippen LogP) is 3.57. The maximum atomic E-state index is 12.6. The molecule has 0 aromatic carbocycles. The van der Waals surface area contributed by atoms with E-state index >= 15 is 0 Å². The first-order valence-electron chi connectivity index (χ1n) is 8.30.